The van der Waals surface area contributed by atoms with Gasteiger partial charge in [0.2, 0.25) is 5.91 Å². The van der Waals surface area contributed by atoms with Crippen LogP contribution in [0.4, 0.5) is 0 Å². The van der Waals surface area contributed by atoms with Crippen molar-refractivity contribution in [1.82, 2.24) is 20.2 Å². The average Bonchev–Trinajstić information content (AvgIpc) is 3.09. The minimum Gasteiger partial charge on any atom is -0.355 e. The molecule has 0 aliphatic rings. The molecule has 0 bridgehead atoms. The van der Waals surface area contributed by atoms with E-state index in [9.17, 15) is 9.59 Å². The lowest BCUT2D eigenvalue weighted by molar-refractivity contribution is -0.121. The van der Waals surface area contributed by atoms with E-state index in [1.165, 1.54) is 0 Å². The van der Waals surface area contributed by atoms with E-state index in [2.05, 4.69) is 17.6 Å². The predicted octanol–water partition coefficient (Wildman–Crippen LogP) is 3.62. The minimum atomic E-state index is -0.0706. The molecule has 30 heavy (non-hydrogen) atoms. The lowest BCUT2D eigenvalue weighted by atomic mass is 10.1. The highest BCUT2D eigenvalue weighted by atomic mass is 16.2. The quantitative estimate of drug-likeness (QED) is 0.505. The van der Waals surface area contributed by atoms with Gasteiger partial charge in [-0.2, -0.15) is 0 Å². The number of carbonyl (C=O) groups excluding carboxylic acids is 2. The fourth-order valence-corrected chi connectivity index (χ4v) is 3.35. The molecule has 0 radical (unpaired) electrons. The summed E-state index contributed by atoms with van der Waals surface area (Å²) in [5, 5.41) is 5.94. The summed E-state index contributed by atoms with van der Waals surface area (Å²) in [7, 11) is 0. The van der Waals surface area contributed by atoms with Crippen LogP contribution in [0.25, 0.3) is 11.0 Å². The van der Waals surface area contributed by atoms with Gasteiger partial charge in [0.15, 0.2) is 0 Å². The van der Waals surface area contributed by atoms with E-state index in [-0.39, 0.29) is 18.4 Å². The zero-order chi connectivity index (χ0) is 21.3. The maximum absolute atomic E-state index is 12.4. The van der Waals surface area contributed by atoms with Crippen molar-refractivity contribution in [1.29, 1.82) is 0 Å². The Bertz CT molecular complexity index is 992. The number of nitrogens with one attached hydrogen (secondary N) is 2. The number of rotatable bonds is 10. The van der Waals surface area contributed by atoms with Crippen LogP contribution < -0.4 is 10.6 Å². The number of hydrogen-bond acceptors (Lipinski definition) is 3. The fourth-order valence-electron chi connectivity index (χ4n) is 3.35. The van der Waals surface area contributed by atoms with Gasteiger partial charge >= 0.3 is 0 Å². The molecule has 3 rings (SSSR count). The molecule has 0 saturated heterocycles. The second kappa shape index (κ2) is 10.6. The molecule has 1 aromatic heterocycles. The van der Waals surface area contributed by atoms with E-state index in [1.54, 1.807) is 0 Å². The molecule has 0 fully saturated rings. The van der Waals surface area contributed by atoms with Crippen LogP contribution >= 0.6 is 0 Å². The third kappa shape index (κ3) is 5.69. The second-order valence-electron chi connectivity index (χ2n) is 7.53. The van der Waals surface area contributed by atoms with Gasteiger partial charge in [0, 0.05) is 25.1 Å². The van der Waals surface area contributed by atoms with Crippen LogP contribution in [0.2, 0.25) is 0 Å². The highest BCUT2D eigenvalue weighted by molar-refractivity contribution is 5.94. The number of amides is 2. The van der Waals surface area contributed by atoms with Gasteiger partial charge in [0.05, 0.1) is 11.0 Å². The molecule has 2 amide bonds. The van der Waals surface area contributed by atoms with Gasteiger partial charge in [-0.15, -0.1) is 0 Å². The van der Waals surface area contributed by atoms with Crippen molar-refractivity contribution in [3.8, 4) is 0 Å². The highest BCUT2D eigenvalue weighted by Crippen LogP contribution is 2.17. The van der Waals surface area contributed by atoms with E-state index in [0.29, 0.717) is 25.1 Å². The Balaban J connectivity index is 1.60. The predicted molar refractivity (Wildman–Crippen MR) is 119 cm³/mol. The molecule has 0 aliphatic heterocycles. The summed E-state index contributed by atoms with van der Waals surface area (Å²) in [5.74, 6) is 0.797. The molecule has 0 atom stereocenters. The Morgan fingerprint density at radius 2 is 1.70 bits per heavy atom. The number of para-hydroxylation sites is 2. The maximum Gasteiger partial charge on any atom is 0.251 e. The third-order valence-electron chi connectivity index (χ3n) is 5.06. The number of aromatic nitrogens is 2. The van der Waals surface area contributed by atoms with E-state index in [4.69, 9.17) is 4.98 Å². The van der Waals surface area contributed by atoms with Crippen molar-refractivity contribution in [2.45, 2.75) is 46.1 Å². The van der Waals surface area contributed by atoms with E-state index >= 15 is 0 Å². The van der Waals surface area contributed by atoms with Gasteiger partial charge in [-0.3, -0.25) is 9.59 Å². The van der Waals surface area contributed by atoms with E-state index in [1.807, 2.05) is 60.0 Å². The van der Waals surface area contributed by atoms with Gasteiger partial charge in [-0.25, -0.2) is 4.98 Å². The Hall–Kier alpha value is -3.15. The van der Waals surface area contributed by atoms with E-state index in [0.717, 1.165) is 41.7 Å². The summed E-state index contributed by atoms with van der Waals surface area (Å²) in [6.45, 7) is 5.61. The summed E-state index contributed by atoms with van der Waals surface area (Å²) >= 11 is 0. The third-order valence-corrected chi connectivity index (χ3v) is 5.06. The van der Waals surface area contributed by atoms with Crippen LogP contribution in [0.3, 0.4) is 0 Å². The largest absolute Gasteiger partial charge is 0.355 e. The van der Waals surface area contributed by atoms with Gasteiger partial charge in [-0.05, 0) is 44.0 Å². The molecule has 2 N–H and O–H groups in total. The molecule has 0 spiro atoms. The standard InChI is InChI=1S/C24H30N4O2/c1-3-4-15-25-23(29)17-28-21-9-6-5-8-20(21)27-22(28)10-7-16-26-24(30)19-13-11-18(2)12-14-19/h5-6,8-9,11-14H,3-4,7,10,15-17H2,1-2H3,(H,25,29)(H,26,30). The number of benzene rings is 2. The monoisotopic (exact) mass is 406 g/mol. The van der Waals surface area contributed by atoms with Crippen molar-refractivity contribution >= 4 is 22.8 Å². The van der Waals surface area contributed by atoms with Crippen molar-refractivity contribution in [3.63, 3.8) is 0 Å². The lowest BCUT2D eigenvalue weighted by Gasteiger charge is -2.10. The summed E-state index contributed by atoms with van der Waals surface area (Å²) in [6, 6.07) is 15.4. The van der Waals surface area contributed by atoms with Crippen LogP contribution in [-0.4, -0.2) is 34.5 Å². The number of hydrogen-bond donors (Lipinski definition) is 2. The van der Waals surface area contributed by atoms with Crippen molar-refractivity contribution in [2.75, 3.05) is 13.1 Å². The molecule has 0 saturated carbocycles. The Labute approximate surface area is 177 Å². The average molecular weight is 407 g/mol. The van der Waals surface area contributed by atoms with Crippen molar-refractivity contribution in [3.05, 3.63) is 65.5 Å². The summed E-state index contributed by atoms with van der Waals surface area (Å²) in [4.78, 5) is 29.3. The van der Waals surface area contributed by atoms with E-state index < -0.39 is 0 Å². The number of fused-ring (bicyclic) bond motifs is 1. The van der Waals surface area contributed by atoms with Gasteiger partial charge in [0.25, 0.3) is 5.91 Å². The first kappa shape index (κ1) is 21.6. The van der Waals surface area contributed by atoms with Crippen LogP contribution in [0.1, 0.15) is 47.9 Å². The van der Waals surface area contributed by atoms with Gasteiger partial charge < -0.3 is 15.2 Å². The van der Waals surface area contributed by atoms with Crippen molar-refractivity contribution < 1.29 is 9.59 Å². The minimum absolute atomic E-state index is 0.000488. The first-order valence-electron chi connectivity index (χ1n) is 10.6. The molecular weight excluding hydrogens is 376 g/mol. The SMILES string of the molecule is CCCCNC(=O)Cn1c(CCCNC(=O)c2ccc(C)cc2)nc2ccccc21. The Morgan fingerprint density at radius 3 is 2.47 bits per heavy atom. The van der Waals surface area contributed by atoms with Crippen LogP contribution in [0.5, 0.6) is 0 Å². The summed E-state index contributed by atoms with van der Waals surface area (Å²) < 4.78 is 1.98. The van der Waals surface area contributed by atoms with Gasteiger partial charge in [0.1, 0.15) is 12.4 Å². The molecule has 3 aromatic rings. The number of aryl methyl sites for hydroxylation is 2. The highest BCUT2D eigenvalue weighted by Gasteiger charge is 2.13. The fraction of sp³-hybridized carbons (Fsp3) is 0.375. The molecule has 2 aromatic carbocycles. The lowest BCUT2D eigenvalue weighted by Crippen LogP contribution is -2.29. The first-order chi connectivity index (χ1) is 14.6. The normalized spacial score (nSPS) is 10.9. The Kier molecular flexibility index (Phi) is 7.60. The number of nitrogens with zero attached hydrogens (tertiary/aromatic N) is 2. The van der Waals surface area contributed by atoms with Crippen molar-refractivity contribution in [2.24, 2.45) is 0 Å². The molecule has 158 valence electrons. The zero-order valence-corrected chi connectivity index (χ0v) is 17.8. The van der Waals surface area contributed by atoms with Crippen LogP contribution in [0.15, 0.2) is 48.5 Å². The summed E-state index contributed by atoms with van der Waals surface area (Å²) in [6.07, 6.45) is 3.46. The molecule has 0 aliphatic carbocycles. The molecule has 6 nitrogen and oxygen atoms in total. The molecule has 1 heterocycles. The van der Waals surface area contributed by atoms with Gasteiger partial charge in [-0.1, -0.05) is 43.2 Å². The molecule has 6 heteroatoms. The first-order valence-corrected chi connectivity index (χ1v) is 10.6. The van der Waals surface area contributed by atoms with Crippen LogP contribution in [0, 0.1) is 6.92 Å². The number of unbranched alkanes of at least 4 members (excludes halogenated alkanes) is 1. The maximum atomic E-state index is 12.4. The smallest absolute Gasteiger partial charge is 0.251 e. The zero-order valence-electron chi connectivity index (χ0n) is 17.8. The molecule has 0 unspecified atom stereocenters. The molecular formula is C24H30N4O2. The topological polar surface area (TPSA) is 76.0 Å². The van der Waals surface area contributed by atoms with Crippen LogP contribution in [-0.2, 0) is 17.8 Å². The number of carbonyl (C=O) groups is 2. The number of imidazole rings is 1. The summed E-state index contributed by atoms with van der Waals surface area (Å²) in [5.41, 5.74) is 3.64. The Morgan fingerprint density at radius 1 is 0.967 bits per heavy atom. The second-order valence-corrected chi connectivity index (χ2v) is 7.53.